The van der Waals surface area contributed by atoms with E-state index in [9.17, 15) is 0 Å². The van der Waals surface area contributed by atoms with Crippen molar-refractivity contribution in [3.05, 3.63) is 20.8 Å². The second kappa shape index (κ2) is 5.82. The molecular weight excluding hydrogens is 187 g/mol. The molecule has 0 N–H and O–H groups in total. The molecule has 0 unspecified atom stereocenters. The van der Waals surface area contributed by atoms with E-state index in [1.807, 2.05) is 0 Å². The molecule has 0 aromatic heterocycles. The maximum atomic E-state index is 3.79. The van der Waals surface area contributed by atoms with Crippen molar-refractivity contribution in [2.75, 3.05) is 26.7 Å². The zero-order valence-electron chi connectivity index (χ0n) is 6.27. The first-order valence-corrected chi connectivity index (χ1v) is 2.90. The number of quaternary nitrogens is 1. The summed E-state index contributed by atoms with van der Waals surface area (Å²) < 4.78 is 0.875. The van der Waals surface area contributed by atoms with Gasteiger partial charge in [0.25, 0.3) is 0 Å². The van der Waals surface area contributed by atoms with Crippen LogP contribution in [0, 0.1) is 20.8 Å². The van der Waals surface area contributed by atoms with Gasteiger partial charge in [-0.15, -0.1) is 0 Å². The Balaban J connectivity index is 0. The van der Waals surface area contributed by atoms with E-state index in [2.05, 4.69) is 27.8 Å². The molecule has 1 nitrogen and oxygen atoms in total. The van der Waals surface area contributed by atoms with Gasteiger partial charge in [0.1, 0.15) is 0 Å². The van der Waals surface area contributed by atoms with Crippen molar-refractivity contribution in [2.24, 2.45) is 0 Å². The van der Waals surface area contributed by atoms with E-state index in [0.717, 1.165) is 24.1 Å². The number of hydrogen-bond acceptors (Lipinski definition) is 0. The van der Waals surface area contributed by atoms with Gasteiger partial charge in [0.05, 0.1) is 7.05 Å². The van der Waals surface area contributed by atoms with E-state index >= 15 is 0 Å². The minimum Gasteiger partial charge on any atom is -0.401 e. The second-order valence-electron chi connectivity index (χ2n) is 2.29. The maximum Gasteiger partial charge on any atom is 3.00 e. The Hall–Kier alpha value is 1.06. The fraction of sp³-hybridized carbons (Fsp3) is 0.571. The van der Waals surface area contributed by atoms with Crippen LogP contribution < -0.4 is 0 Å². The molecule has 0 fully saturated rings. The van der Waals surface area contributed by atoms with Crippen molar-refractivity contribution in [2.45, 2.75) is 0 Å². The number of hydrogen-bond donors (Lipinski definition) is 0. The average Bonchev–Trinajstić information content (AvgIpc) is 1.87. The number of nitrogens with zero attached hydrogens (tertiary/aromatic N) is 1. The first-order valence-electron chi connectivity index (χ1n) is 2.90. The van der Waals surface area contributed by atoms with Gasteiger partial charge in [0, 0.05) is 0 Å². The van der Waals surface area contributed by atoms with Crippen molar-refractivity contribution in [1.29, 1.82) is 0 Å². The van der Waals surface area contributed by atoms with Gasteiger partial charge < -0.3 is 4.48 Å². The van der Waals surface area contributed by atoms with Crippen LogP contribution in [-0.2, 0) is 32.7 Å². The minimum atomic E-state index is 0. The normalized spacial score (nSPS) is 10.7. The molecule has 0 aromatic rings. The van der Waals surface area contributed by atoms with Crippen LogP contribution in [0.2, 0.25) is 0 Å². The molecule has 0 bridgehead atoms. The Bertz CT molecular complexity index is 51.7. The summed E-state index contributed by atoms with van der Waals surface area (Å²) >= 11 is 0. The third-order valence-electron chi connectivity index (χ3n) is 1.62. The topological polar surface area (TPSA) is 0 Å². The predicted octanol–water partition coefficient (Wildman–Crippen LogP) is 0.933. The molecule has 0 aliphatic heterocycles. The quantitative estimate of drug-likeness (QED) is 0.471. The van der Waals surface area contributed by atoms with Gasteiger partial charge in [-0.25, -0.2) is 0 Å². The van der Waals surface area contributed by atoms with E-state index < -0.39 is 0 Å². The van der Waals surface area contributed by atoms with E-state index in [-0.39, 0.29) is 32.7 Å². The van der Waals surface area contributed by atoms with Gasteiger partial charge in [0.2, 0.25) is 0 Å². The van der Waals surface area contributed by atoms with Gasteiger partial charge in [0.15, 0.2) is 0 Å². The third-order valence-corrected chi connectivity index (χ3v) is 1.62. The van der Waals surface area contributed by atoms with Crippen LogP contribution in [0.5, 0.6) is 0 Å². The molecule has 0 aliphatic rings. The summed E-state index contributed by atoms with van der Waals surface area (Å²) in [7, 11) is 2.10. The van der Waals surface area contributed by atoms with Gasteiger partial charge in [-0.05, 0) is 19.6 Å². The Morgan fingerprint density at radius 3 is 1.22 bits per heavy atom. The van der Waals surface area contributed by atoms with Crippen LogP contribution in [0.4, 0.5) is 0 Å². The molecule has 9 heavy (non-hydrogen) atoms. The molecule has 0 radical (unpaired) electrons. The third kappa shape index (κ3) is 4.47. The average molecular weight is 202 g/mol. The van der Waals surface area contributed by atoms with Crippen molar-refractivity contribution in [1.82, 2.24) is 0 Å². The predicted molar refractivity (Wildman–Crippen MR) is 36.9 cm³/mol. The smallest absolute Gasteiger partial charge is 0.401 e. The van der Waals surface area contributed by atoms with E-state index in [4.69, 9.17) is 0 Å². The van der Waals surface area contributed by atoms with Crippen LogP contribution in [0.15, 0.2) is 0 Å². The molecule has 0 rings (SSSR count). The maximum absolute atomic E-state index is 3.79. The number of rotatable bonds is 3. The van der Waals surface area contributed by atoms with Crippen LogP contribution in [0.25, 0.3) is 0 Å². The van der Waals surface area contributed by atoms with Crippen molar-refractivity contribution in [3.63, 3.8) is 0 Å². The molecule has 50 valence electrons. The van der Waals surface area contributed by atoms with Crippen molar-refractivity contribution >= 4 is 0 Å². The van der Waals surface area contributed by atoms with Crippen LogP contribution in [0.1, 0.15) is 0 Å². The Kier molecular flexibility index (Phi) is 8.22. The fourth-order valence-electron chi connectivity index (χ4n) is 0.335. The van der Waals surface area contributed by atoms with Gasteiger partial charge in [-0.2, -0.15) is 0 Å². The van der Waals surface area contributed by atoms with Crippen LogP contribution >= 0.6 is 0 Å². The van der Waals surface area contributed by atoms with E-state index in [1.54, 1.807) is 0 Å². The largest absolute Gasteiger partial charge is 3.00 e. The van der Waals surface area contributed by atoms with Crippen LogP contribution in [0.3, 0.4) is 0 Å². The molecule has 0 atom stereocenters. The molecule has 2 heteroatoms. The minimum absolute atomic E-state index is 0. The summed E-state index contributed by atoms with van der Waals surface area (Å²) in [6.07, 6.45) is 0. The zero-order valence-corrected chi connectivity index (χ0v) is 9.11. The van der Waals surface area contributed by atoms with E-state index in [1.165, 1.54) is 0 Å². The molecule has 0 heterocycles. The first kappa shape index (κ1) is 12.7. The summed E-state index contributed by atoms with van der Waals surface area (Å²) in [5.41, 5.74) is 0. The molecule has 0 aliphatic carbocycles. The first-order chi connectivity index (χ1) is 3.68. The summed E-state index contributed by atoms with van der Waals surface area (Å²) in [5, 5.41) is 0. The second-order valence-corrected chi connectivity index (χ2v) is 2.29. The Morgan fingerprint density at radius 1 is 1.00 bits per heavy atom. The molecule has 0 amide bonds. The molecular formula is C7H15NY+. The Morgan fingerprint density at radius 2 is 1.22 bits per heavy atom. The summed E-state index contributed by atoms with van der Waals surface area (Å²) in [5.74, 6) is 0. The monoisotopic (exact) mass is 202 g/mol. The SMILES string of the molecule is [CH2-]C[N+](C)(C[CH2-])C[CH2-].[Y+3]. The molecule has 0 saturated heterocycles. The van der Waals surface area contributed by atoms with Gasteiger partial charge >= 0.3 is 32.7 Å². The zero-order chi connectivity index (χ0) is 6.62. The van der Waals surface area contributed by atoms with Crippen molar-refractivity contribution < 1.29 is 37.2 Å². The summed E-state index contributed by atoms with van der Waals surface area (Å²) in [6.45, 7) is 14.0. The van der Waals surface area contributed by atoms with E-state index in [0.29, 0.717) is 0 Å². The molecule has 0 aromatic carbocycles. The molecule has 0 saturated carbocycles. The summed E-state index contributed by atoms with van der Waals surface area (Å²) in [4.78, 5) is 0. The summed E-state index contributed by atoms with van der Waals surface area (Å²) in [6, 6.07) is 0. The Labute approximate surface area is 84.3 Å². The van der Waals surface area contributed by atoms with Crippen LogP contribution in [-0.4, -0.2) is 31.2 Å². The fourth-order valence-corrected chi connectivity index (χ4v) is 0.335. The standard InChI is InChI=1S/C7H15N.Y/c1-5-8(4,6-2)7-3;/h1-3,5-7H2,4H3;/q-2;+3. The van der Waals surface area contributed by atoms with Gasteiger partial charge in [-0.1, -0.05) is 0 Å². The van der Waals surface area contributed by atoms with Crippen molar-refractivity contribution in [3.8, 4) is 0 Å². The molecule has 0 spiro atoms. The van der Waals surface area contributed by atoms with Gasteiger partial charge in [-0.3, -0.25) is 20.8 Å².